The zero-order valence-electron chi connectivity index (χ0n) is 14.1. The molecule has 128 valence electrons. The number of aryl methyl sites for hydroxylation is 1. The van der Waals surface area contributed by atoms with E-state index in [0.29, 0.717) is 4.77 Å². The van der Waals surface area contributed by atoms with Crippen LogP contribution in [-0.2, 0) is 6.42 Å². The average Bonchev–Trinajstić information content (AvgIpc) is 2.99. The molecule has 0 amide bonds. The van der Waals surface area contributed by atoms with Crippen LogP contribution in [0.2, 0.25) is 0 Å². The molecular weight excluding hydrogens is 332 g/mol. The van der Waals surface area contributed by atoms with E-state index in [1.165, 1.54) is 0 Å². The van der Waals surface area contributed by atoms with Gasteiger partial charge in [0, 0.05) is 6.42 Å². The molecule has 0 radical (unpaired) electrons. The first-order valence-electron chi connectivity index (χ1n) is 8.30. The van der Waals surface area contributed by atoms with E-state index in [0.717, 1.165) is 42.1 Å². The summed E-state index contributed by atoms with van der Waals surface area (Å²) in [6, 6.07) is 17.4. The minimum atomic E-state index is 0.499. The van der Waals surface area contributed by atoms with Crippen LogP contribution in [0.5, 0.6) is 11.5 Å². The van der Waals surface area contributed by atoms with Crippen molar-refractivity contribution in [3.05, 3.63) is 70.8 Å². The fourth-order valence-electron chi connectivity index (χ4n) is 2.35. The number of para-hydroxylation sites is 1. The quantitative estimate of drug-likeness (QED) is 0.483. The van der Waals surface area contributed by atoms with E-state index in [9.17, 15) is 0 Å². The number of nitrogens with one attached hydrogen (secondary N) is 1. The highest BCUT2D eigenvalue weighted by Crippen LogP contribution is 2.21. The molecule has 5 nitrogen and oxygen atoms in total. The Morgan fingerprint density at radius 1 is 1.16 bits per heavy atom. The third-order valence-corrected chi connectivity index (χ3v) is 3.89. The van der Waals surface area contributed by atoms with E-state index in [1.54, 1.807) is 10.9 Å². The zero-order valence-corrected chi connectivity index (χ0v) is 14.9. The molecule has 0 fully saturated rings. The Morgan fingerprint density at radius 2 is 1.96 bits per heavy atom. The fraction of sp³-hybridized carbons (Fsp3) is 0.211. The number of H-pyrrole nitrogens is 1. The highest BCUT2D eigenvalue weighted by Gasteiger charge is 2.04. The van der Waals surface area contributed by atoms with Gasteiger partial charge in [0.25, 0.3) is 0 Å². The van der Waals surface area contributed by atoms with Crippen LogP contribution in [0.15, 0.2) is 59.7 Å². The summed E-state index contributed by atoms with van der Waals surface area (Å²) in [5, 5.41) is 11.5. The SMILES string of the molecule is CCCCc1n[nH]c(=S)n1/N=C/c1cccc(Oc2ccccc2)c1. The second kappa shape index (κ2) is 8.39. The highest BCUT2D eigenvalue weighted by atomic mass is 32.1. The lowest BCUT2D eigenvalue weighted by Gasteiger charge is -2.06. The maximum Gasteiger partial charge on any atom is 0.216 e. The highest BCUT2D eigenvalue weighted by molar-refractivity contribution is 7.71. The summed E-state index contributed by atoms with van der Waals surface area (Å²) < 4.78 is 8.02. The van der Waals surface area contributed by atoms with E-state index in [1.807, 2.05) is 54.6 Å². The first kappa shape index (κ1) is 17.1. The van der Waals surface area contributed by atoms with Gasteiger partial charge in [-0.15, -0.1) is 0 Å². The van der Waals surface area contributed by atoms with Crippen LogP contribution in [0.4, 0.5) is 0 Å². The Labute approximate surface area is 152 Å². The first-order chi connectivity index (χ1) is 12.3. The molecule has 1 heterocycles. The molecule has 1 N–H and O–H groups in total. The third kappa shape index (κ3) is 4.64. The van der Waals surface area contributed by atoms with Crippen molar-refractivity contribution < 1.29 is 4.74 Å². The third-order valence-electron chi connectivity index (χ3n) is 3.63. The molecule has 3 rings (SSSR count). The van der Waals surface area contributed by atoms with Crippen LogP contribution >= 0.6 is 12.2 Å². The van der Waals surface area contributed by atoms with Gasteiger partial charge in [-0.05, 0) is 48.5 Å². The minimum absolute atomic E-state index is 0.499. The number of hydrogen-bond acceptors (Lipinski definition) is 4. The van der Waals surface area contributed by atoms with Crippen LogP contribution in [0.25, 0.3) is 0 Å². The second-order valence-corrected chi connectivity index (χ2v) is 5.98. The molecule has 0 aliphatic rings. The van der Waals surface area contributed by atoms with Crippen molar-refractivity contribution in [2.75, 3.05) is 0 Å². The molecule has 0 bridgehead atoms. The summed E-state index contributed by atoms with van der Waals surface area (Å²) in [5.41, 5.74) is 0.929. The molecule has 0 unspecified atom stereocenters. The number of benzene rings is 2. The monoisotopic (exact) mass is 352 g/mol. The van der Waals surface area contributed by atoms with Gasteiger partial charge in [0.2, 0.25) is 4.77 Å². The van der Waals surface area contributed by atoms with Crippen LogP contribution in [0, 0.1) is 4.77 Å². The van der Waals surface area contributed by atoms with Gasteiger partial charge in [0.15, 0.2) is 5.82 Å². The summed E-state index contributed by atoms with van der Waals surface area (Å²) in [4.78, 5) is 0. The summed E-state index contributed by atoms with van der Waals surface area (Å²) in [6.07, 6.45) is 4.76. The van der Waals surface area contributed by atoms with Crippen LogP contribution in [-0.4, -0.2) is 21.1 Å². The molecule has 0 aliphatic heterocycles. The topological polar surface area (TPSA) is 55.2 Å². The van der Waals surface area contributed by atoms with Crippen LogP contribution in [0.3, 0.4) is 0 Å². The summed E-state index contributed by atoms with van der Waals surface area (Å²) in [7, 11) is 0. The Bertz CT molecular complexity index is 899. The Hall–Kier alpha value is -2.73. The Morgan fingerprint density at radius 3 is 2.76 bits per heavy atom. The predicted molar refractivity (Wildman–Crippen MR) is 102 cm³/mol. The van der Waals surface area contributed by atoms with Gasteiger partial charge in [-0.1, -0.05) is 43.7 Å². The van der Waals surface area contributed by atoms with E-state index >= 15 is 0 Å². The van der Waals surface area contributed by atoms with Gasteiger partial charge in [-0.25, -0.2) is 0 Å². The number of aromatic amines is 1. The number of unbranched alkanes of at least 4 members (excludes halogenated alkanes) is 1. The van der Waals surface area contributed by atoms with Gasteiger partial charge in [0.05, 0.1) is 6.21 Å². The fourth-order valence-corrected chi connectivity index (χ4v) is 2.55. The summed E-state index contributed by atoms with van der Waals surface area (Å²) in [5.74, 6) is 2.41. The summed E-state index contributed by atoms with van der Waals surface area (Å²) in [6.45, 7) is 2.15. The number of rotatable bonds is 7. The molecule has 25 heavy (non-hydrogen) atoms. The van der Waals surface area contributed by atoms with Crippen molar-refractivity contribution >= 4 is 18.4 Å². The average molecular weight is 352 g/mol. The van der Waals surface area contributed by atoms with E-state index in [-0.39, 0.29) is 0 Å². The van der Waals surface area contributed by atoms with Gasteiger partial charge < -0.3 is 4.74 Å². The largest absolute Gasteiger partial charge is 0.457 e. The number of ether oxygens (including phenoxy) is 1. The first-order valence-corrected chi connectivity index (χ1v) is 8.70. The standard InChI is InChI=1S/C19H20N4OS/c1-2-3-12-18-21-22-19(25)23(18)20-14-15-8-7-11-17(13-15)24-16-9-5-4-6-10-16/h4-11,13-14H,2-3,12H2,1H3,(H,22,25)/b20-14+. The van der Waals surface area contributed by atoms with Crippen molar-refractivity contribution in [3.8, 4) is 11.5 Å². The molecule has 2 aromatic carbocycles. The smallest absolute Gasteiger partial charge is 0.216 e. The normalized spacial score (nSPS) is 11.1. The Balaban J connectivity index is 1.77. The molecule has 0 spiro atoms. The second-order valence-electron chi connectivity index (χ2n) is 5.59. The van der Waals surface area contributed by atoms with Crippen LogP contribution in [0.1, 0.15) is 31.2 Å². The number of nitrogens with zero attached hydrogens (tertiary/aromatic N) is 3. The van der Waals surface area contributed by atoms with Gasteiger partial charge in [-0.2, -0.15) is 14.9 Å². The van der Waals surface area contributed by atoms with Crippen LogP contribution < -0.4 is 4.74 Å². The van der Waals surface area contributed by atoms with Crippen molar-refractivity contribution in [1.29, 1.82) is 0 Å². The maximum absolute atomic E-state index is 5.85. The molecular formula is C19H20N4OS. The summed E-state index contributed by atoms with van der Waals surface area (Å²) >= 11 is 5.26. The van der Waals surface area contributed by atoms with E-state index in [2.05, 4.69) is 22.2 Å². The lowest BCUT2D eigenvalue weighted by molar-refractivity contribution is 0.482. The van der Waals surface area contributed by atoms with Gasteiger partial charge in [-0.3, -0.25) is 5.10 Å². The Kier molecular flexibility index (Phi) is 5.74. The number of hydrogen-bond donors (Lipinski definition) is 1. The lowest BCUT2D eigenvalue weighted by Crippen LogP contribution is -1.99. The maximum atomic E-state index is 5.85. The molecule has 0 saturated carbocycles. The minimum Gasteiger partial charge on any atom is -0.457 e. The van der Waals surface area contributed by atoms with Crippen molar-refractivity contribution in [1.82, 2.24) is 14.9 Å². The predicted octanol–water partition coefficient (Wildman–Crippen LogP) is 4.96. The van der Waals surface area contributed by atoms with Gasteiger partial charge >= 0.3 is 0 Å². The lowest BCUT2D eigenvalue weighted by atomic mass is 10.2. The molecule has 0 saturated heterocycles. The van der Waals surface area contributed by atoms with Crippen molar-refractivity contribution in [2.45, 2.75) is 26.2 Å². The van der Waals surface area contributed by atoms with Crippen molar-refractivity contribution in [2.24, 2.45) is 5.10 Å². The van der Waals surface area contributed by atoms with E-state index < -0.39 is 0 Å². The zero-order chi connectivity index (χ0) is 17.5. The molecule has 1 aromatic heterocycles. The van der Waals surface area contributed by atoms with Gasteiger partial charge in [0.1, 0.15) is 11.5 Å². The van der Waals surface area contributed by atoms with E-state index in [4.69, 9.17) is 17.0 Å². The molecule has 6 heteroatoms. The van der Waals surface area contributed by atoms with Crippen molar-refractivity contribution in [3.63, 3.8) is 0 Å². The molecule has 3 aromatic rings. The molecule has 0 aliphatic carbocycles. The number of aromatic nitrogens is 3. The molecule has 0 atom stereocenters.